The highest BCUT2D eigenvalue weighted by Crippen LogP contribution is 2.10. The molecule has 1 aromatic heterocycles. The van der Waals surface area contributed by atoms with Crippen LogP contribution in [0.5, 0.6) is 0 Å². The fraction of sp³-hybridized carbons (Fsp3) is 0. The van der Waals surface area contributed by atoms with Crippen molar-refractivity contribution < 1.29 is 9.21 Å². The minimum atomic E-state index is -0.509. The summed E-state index contributed by atoms with van der Waals surface area (Å²) in [6.45, 7) is 0. The number of hydrogen-bond acceptors (Lipinski definition) is 4. The first kappa shape index (κ1) is 11.6. The Morgan fingerprint density at radius 1 is 1.17 bits per heavy atom. The summed E-state index contributed by atoms with van der Waals surface area (Å²) in [5, 5.41) is 11.3. The van der Waals surface area contributed by atoms with Gasteiger partial charge < -0.3 is 9.73 Å². The predicted octanol–water partition coefficient (Wildman–Crippen LogP) is 1.76. The van der Waals surface area contributed by atoms with E-state index in [-0.39, 0.29) is 11.5 Å². The maximum absolute atomic E-state index is 11.7. The monoisotopic (exact) mass is 240 g/mol. The van der Waals surface area contributed by atoms with Crippen LogP contribution in [0.25, 0.3) is 0 Å². The van der Waals surface area contributed by atoms with Gasteiger partial charge in [0.15, 0.2) is 0 Å². The van der Waals surface area contributed by atoms with E-state index in [1.165, 1.54) is 12.1 Å². The Morgan fingerprint density at radius 3 is 2.44 bits per heavy atom. The van der Waals surface area contributed by atoms with Crippen LogP contribution in [0.4, 0.5) is 5.69 Å². The Kier molecular flexibility index (Phi) is 3.21. The van der Waals surface area contributed by atoms with Gasteiger partial charge >= 0.3 is 5.63 Å². The van der Waals surface area contributed by atoms with Crippen molar-refractivity contribution in [2.24, 2.45) is 0 Å². The summed E-state index contributed by atoms with van der Waals surface area (Å²) in [5.74, 6) is -0.386. The quantitative estimate of drug-likeness (QED) is 0.866. The Hall–Kier alpha value is -2.87. The van der Waals surface area contributed by atoms with E-state index < -0.39 is 5.63 Å². The van der Waals surface area contributed by atoms with Crippen LogP contribution in [-0.4, -0.2) is 5.91 Å². The number of carbonyl (C=O) groups excluding carboxylic acids is 1. The molecule has 0 fully saturated rings. The van der Waals surface area contributed by atoms with Gasteiger partial charge in [0.25, 0.3) is 5.91 Å². The van der Waals surface area contributed by atoms with E-state index in [0.717, 1.165) is 6.26 Å². The van der Waals surface area contributed by atoms with Crippen molar-refractivity contribution in [3.05, 3.63) is 64.2 Å². The average Bonchev–Trinajstić information content (AvgIpc) is 2.40. The Labute approximate surface area is 102 Å². The van der Waals surface area contributed by atoms with Crippen LogP contribution in [-0.2, 0) is 0 Å². The number of benzene rings is 1. The summed E-state index contributed by atoms with van der Waals surface area (Å²) in [5.41, 5.74) is 0.813. The molecular weight excluding hydrogens is 232 g/mol. The van der Waals surface area contributed by atoms with Crippen LogP contribution >= 0.6 is 0 Å². The van der Waals surface area contributed by atoms with Crippen LogP contribution in [0.3, 0.4) is 0 Å². The number of nitrogens with one attached hydrogen (secondary N) is 1. The molecule has 1 amide bonds. The molecule has 18 heavy (non-hydrogen) atoms. The number of nitriles is 1. The molecule has 0 radical (unpaired) electrons. The van der Waals surface area contributed by atoms with E-state index in [9.17, 15) is 9.59 Å². The van der Waals surface area contributed by atoms with Gasteiger partial charge in [-0.1, -0.05) is 0 Å². The third-order valence-electron chi connectivity index (χ3n) is 2.24. The molecule has 5 nitrogen and oxygen atoms in total. The molecule has 2 rings (SSSR count). The van der Waals surface area contributed by atoms with Crippen molar-refractivity contribution in [2.45, 2.75) is 0 Å². The minimum Gasteiger partial charge on any atom is -0.430 e. The highest BCUT2D eigenvalue weighted by Gasteiger charge is 2.06. The molecule has 1 N–H and O–H groups in total. The second-order valence-corrected chi connectivity index (χ2v) is 3.49. The predicted molar refractivity (Wildman–Crippen MR) is 64.1 cm³/mol. The number of anilines is 1. The molecule has 5 heteroatoms. The zero-order valence-electron chi connectivity index (χ0n) is 9.21. The minimum absolute atomic E-state index is 0.249. The van der Waals surface area contributed by atoms with Gasteiger partial charge in [-0.05, 0) is 30.3 Å². The zero-order chi connectivity index (χ0) is 13.0. The first-order chi connectivity index (χ1) is 8.69. The number of rotatable bonds is 2. The summed E-state index contributed by atoms with van der Waals surface area (Å²) in [6.07, 6.45) is 1.10. The molecule has 0 unspecified atom stereocenters. The number of nitrogens with zero attached hydrogens (tertiary/aromatic N) is 1. The molecule has 0 spiro atoms. The van der Waals surface area contributed by atoms with E-state index in [1.54, 1.807) is 24.3 Å². The van der Waals surface area contributed by atoms with Gasteiger partial charge in [-0.2, -0.15) is 5.26 Å². The Balaban J connectivity index is 2.13. The lowest BCUT2D eigenvalue weighted by Crippen LogP contribution is -2.12. The van der Waals surface area contributed by atoms with Crippen molar-refractivity contribution in [1.82, 2.24) is 0 Å². The van der Waals surface area contributed by atoms with Crippen LogP contribution in [0.1, 0.15) is 15.9 Å². The summed E-state index contributed by atoms with van der Waals surface area (Å²) in [6, 6.07) is 11.0. The fourth-order valence-electron chi connectivity index (χ4n) is 1.32. The molecule has 0 saturated heterocycles. The molecule has 88 valence electrons. The van der Waals surface area contributed by atoms with Crippen molar-refractivity contribution in [3.63, 3.8) is 0 Å². The van der Waals surface area contributed by atoms with E-state index in [2.05, 4.69) is 9.73 Å². The first-order valence-electron chi connectivity index (χ1n) is 5.09. The lowest BCUT2D eigenvalue weighted by molar-refractivity contribution is 0.102. The second-order valence-electron chi connectivity index (χ2n) is 3.49. The Morgan fingerprint density at radius 2 is 1.89 bits per heavy atom. The normalized spacial score (nSPS) is 9.50. The van der Waals surface area contributed by atoms with Gasteiger partial charge in [0.2, 0.25) is 0 Å². The largest absolute Gasteiger partial charge is 0.430 e. The van der Waals surface area contributed by atoms with Gasteiger partial charge in [0, 0.05) is 11.8 Å². The molecule has 0 aliphatic carbocycles. The van der Waals surface area contributed by atoms with Crippen LogP contribution in [0.15, 0.2) is 51.9 Å². The maximum Gasteiger partial charge on any atom is 0.335 e. The lowest BCUT2D eigenvalue weighted by atomic mass is 10.2. The molecule has 1 heterocycles. The van der Waals surface area contributed by atoms with Crippen LogP contribution < -0.4 is 10.9 Å². The first-order valence-corrected chi connectivity index (χ1v) is 5.09. The molecule has 0 bridgehead atoms. The molecular formula is C13H8N2O3. The van der Waals surface area contributed by atoms with Crippen molar-refractivity contribution >= 4 is 11.6 Å². The van der Waals surface area contributed by atoms with Crippen molar-refractivity contribution in [1.29, 1.82) is 5.26 Å². The molecule has 0 aliphatic rings. The van der Waals surface area contributed by atoms with Gasteiger partial charge in [0.05, 0.1) is 17.2 Å². The van der Waals surface area contributed by atoms with E-state index in [0.29, 0.717) is 11.3 Å². The summed E-state index contributed by atoms with van der Waals surface area (Å²) >= 11 is 0. The SMILES string of the molecule is N#Cc1ccc(NC(=O)c2ccc(=O)oc2)cc1. The summed E-state index contributed by atoms with van der Waals surface area (Å²) in [7, 11) is 0. The third-order valence-corrected chi connectivity index (χ3v) is 2.24. The highest BCUT2D eigenvalue weighted by molar-refractivity contribution is 6.03. The van der Waals surface area contributed by atoms with Crippen molar-refractivity contribution in [2.75, 3.05) is 5.32 Å². The highest BCUT2D eigenvalue weighted by atomic mass is 16.4. The Bertz CT molecular complexity index is 645. The number of amides is 1. The van der Waals surface area contributed by atoms with Gasteiger partial charge in [-0.15, -0.1) is 0 Å². The van der Waals surface area contributed by atoms with Gasteiger partial charge in [0.1, 0.15) is 6.26 Å². The lowest BCUT2D eigenvalue weighted by Gasteiger charge is -2.04. The molecule has 1 aromatic carbocycles. The summed E-state index contributed by atoms with van der Waals surface area (Å²) in [4.78, 5) is 22.5. The van der Waals surface area contributed by atoms with Crippen molar-refractivity contribution in [3.8, 4) is 6.07 Å². The summed E-state index contributed by atoms with van der Waals surface area (Å²) < 4.78 is 4.59. The topological polar surface area (TPSA) is 83.1 Å². The molecule has 0 atom stereocenters. The molecule has 2 aromatic rings. The third kappa shape index (κ3) is 2.62. The van der Waals surface area contributed by atoms with Gasteiger partial charge in [-0.25, -0.2) is 4.79 Å². The van der Waals surface area contributed by atoms with E-state index in [1.807, 2.05) is 6.07 Å². The smallest absolute Gasteiger partial charge is 0.335 e. The fourth-order valence-corrected chi connectivity index (χ4v) is 1.32. The van der Waals surface area contributed by atoms with Crippen LogP contribution in [0, 0.1) is 11.3 Å². The average molecular weight is 240 g/mol. The zero-order valence-corrected chi connectivity index (χ0v) is 9.21. The number of carbonyl (C=O) groups is 1. The van der Waals surface area contributed by atoms with Crippen LogP contribution in [0.2, 0.25) is 0 Å². The molecule has 0 saturated carbocycles. The second kappa shape index (κ2) is 4.97. The van der Waals surface area contributed by atoms with E-state index in [4.69, 9.17) is 5.26 Å². The standard InChI is InChI=1S/C13H8N2O3/c14-7-9-1-4-11(5-2-9)15-13(17)10-3-6-12(16)18-8-10/h1-6,8H,(H,15,17). The maximum atomic E-state index is 11.7. The van der Waals surface area contributed by atoms with E-state index >= 15 is 0 Å². The molecule has 0 aliphatic heterocycles. The van der Waals surface area contributed by atoms with Gasteiger partial charge in [-0.3, -0.25) is 4.79 Å². The number of hydrogen-bond donors (Lipinski definition) is 1.